The highest BCUT2D eigenvalue weighted by atomic mass is 79.9. The number of rotatable bonds is 4. The van der Waals surface area contributed by atoms with Crippen molar-refractivity contribution in [3.8, 4) is 11.3 Å². The first-order valence-electron chi connectivity index (χ1n) is 8.50. The first kappa shape index (κ1) is 18.8. The van der Waals surface area contributed by atoms with E-state index in [9.17, 15) is 14.9 Å². The van der Waals surface area contributed by atoms with Gasteiger partial charge in [-0.1, -0.05) is 15.9 Å². The Morgan fingerprint density at radius 1 is 1.17 bits per heavy atom. The van der Waals surface area contributed by atoms with Crippen LogP contribution in [0.3, 0.4) is 0 Å². The summed E-state index contributed by atoms with van der Waals surface area (Å²) < 4.78 is 7.71. The van der Waals surface area contributed by atoms with Gasteiger partial charge in [0.1, 0.15) is 17.3 Å². The number of hydrogen-bond donors (Lipinski definition) is 0. The first-order chi connectivity index (χ1) is 13.9. The van der Waals surface area contributed by atoms with Gasteiger partial charge in [-0.2, -0.15) is 9.78 Å². The summed E-state index contributed by atoms with van der Waals surface area (Å²) in [5, 5.41) is 15.4. The van der Waals surface area contributed by atoms with E-state index in [1.54, 1.807) is 43.3 Å². The number of nitro groups is 1. The van der Waals surface area contributed by atoms with Crippen molar-refractivity contribution in [1.82, 2.24) is 9.66 Å². The van der Waals surface area contributed by atoms with Crippen LogP contribution in [-0.4, -0.2) is 20.8 Å². The van der Waals surface area contributed by atoms with Crippen LogP contribution in [0.4, 0.5) is 5.69 Å². The molecule has 0 saturated heterocycles. The van der Waals surface area contributed by atoms with Crippen molar-refractivity contribution in [3.63, 3.8) is 0 Å². The Morgan fingerprint density at radius 3 is 2.66 bits per heavy atom. The molecule has 0 spiro atoms. The minimum Gasteiger partial charge on any atom is -0.455 e. The fourth-order valence-electron chi connectivity index (χ4n) is 2.84. The monoisotopic (exact) mass is 452 g/mol. The molecular weight excluding hydrogens is 440 g/mol. The first-order valence-corrected chi connectivity index (χ1v) is 9.29. The topological polar surface area (TPSA) is 104 Å². The van der Waals surface area contributed by atoms with Gasteiger partial charge in [0.15, 0.2) is 0 Å². The van der Waals surface area contributed by atoms with E-state index in [1.807, 2.05) is 6.07 Å². The van der Waals surface area contributed by atoms with Gasteiger partial charge in [0.05, 0.1) is 22.0 Å². The molecule has 4 rings (SSSR count). The van der Waals surface area contributed by atoms with Crippen molar-refractivity contribution in [1.29, 1.82) is 0 Å². The maximum absolute atomic E-state index is 12.7. The predicted octanol–water partition coefficient (Wildman–Crippen LogP) is 4.52. The van der Waals surface area contributed by atoms with Gasteiger partial charge in [-0.25, -0.2) is 4.98 Å². The largest absolute Gasteiger partial charge is 0.455 e. The zero-order valence-electron chi connectivity index (χ0n) is 15.1. The fourth-order valence-corrected chi connectivity index (χ4v) is 3.20. The van der Waals surface area contributed by atoms with Gasteiger partial charge in [0.25, 0.3) is 11.2 Å². The third kappa shape index (κ3) is 3.72. The SMILES string of the molecule is Cc1nc2ccc(Br)cc2c(=O)n1N=Cc1ccc(-c2ccc([N+](=O)[O-])cc2)o1. The van der Waals surface area contributed by atoms with Crippen LogP contribution in [0.2, 0.25) is 0 Å². The summed E-state index contributed by atoms with van der Waals surface area (Å²) in [4.78, 5) is 27.4. The van der Waals surface area contributed by atoms with Gasteiger partial charge in [-0.15, -0.1) is 0 Å². The van der Waals surface area contributed by atoms with Crippen molar-refractivity contribution in [2.45, 2.75) is 6.92 Å². The molecule has 2 aromatic carbocycles. The molecule has 0 aliphatic heterocycles. The molecule has 0 aliphatic rings. The maximum atomic E-state index is 12.7. The van der Waals surface area contributed by atoms with Crippen LogP contribution in [-0.2, 0) is 0 Å². The summed E-state index contributed by atoms with van der Waals surface area (Å²) in [5.74, 6) is 1.41. The van der Waals surface area contributed by atoms with E-state index in [2.05, 4.69) is 26.0 Å². The summed E-state index contributed by atoms with van der Waals surface area (Å²) in [5.41, 5.74) is 1.01. The van der Waals surface area contributed by atoms with Gasteiger partial charge in [0.2, 0.25) is 0 Å². The predicted molar refractivity (Wildman–Crippen MR) is 112 cm³/mol. The van der Waals surface area contributed by atoms with Crippen molar-refractivity contribution >= 4 is 38.7 Å². The van der Waals surface area contributed by atoms with Gasteiger partial charge in [0, 0.05) is 22.2 Å². The van der Waals surface area contributed by atoms with Crippen LogP contribution in [0.1, 0.15) is 11.6 Å². The van der Waals surface area contributed by atoms with Crippen molar-refractivity contribution in [3.05, 3.63) is 91.1 Å². The van der Waals surface area contributed by atoms with Gasteiger partial charge in [-0.05, 0) is 49.4 Å². The lowest BCUT2D eigenvalue weighted by atomic mass is 10.1. The Kier molecular flexibility index (Phi) is 4.81. The summed E-state index contributed by atoms with van der Waals surface area (Å²) in [6, 6.07) is 14.8. The van der Waals surface area contributed by atoms with Crippen LogP contribution >= 0.6 is 15.9 Å². The second kappa shape index (κ2) is 7.44. The lowest BCUT2D eigenvalue weighted by molar-refractivity contribution is -0.384. The van der Waals surface area contributed by atoms with Crippen LogP contribution in [0.15, 0.2) is 73.4 Å². The molecule has 29 heavy (non-hydrogen) atoms. The molecule has 0 bridgehead atoms. The Hall–Kier alpha value is -3.59. The van der Waals surface area contributed by atoms with E-state index in [0.717, 1.165) is 4.47 Å². The lowest BCUT2D eigenvalue weighted by Crippen LogP contribution is -2.20. The smallest absolute Gasteiger partial charge is 0.282 e. The Labute approximate surface area is 172 Å². The molecule has 0 N–H and O–H groups in total. The highest BCUT2D eigenvalue weighted by Gasteiger charge is 2.10. The zero-order valence-corrected chi connectivity index (χ0v) is 16.7. The molecule has 2 aromatic heterocycles. The van der Waals surface area contributed by atoms with Crippen molar-refractivity contribution < 1.29 is 9.34 Å². The normalized spacial score (nSPS) is 11.4. The maximum Gasteiger partial charge on any atom is 0.282 e. The number of aromatic nitrogens is 2. The number of nitro benzene ring substituents is 1. The van der Waals surface area contributed by atoms with Gasteiger partial charge < -0.3 is 4.42 Å². The molecule has 4 aromatic rings. The third-order valence-electron chi connectivity index (χ3n) is 4.26. The number of benzene rings is 2. The number of halogens is 1. The minimum atomic E-state index is -0.458. The number of fused-ring (bicyclic) bond motifs is 1. The number of furan rings is 1. The molecular formula is C20H13BrN4O4. The van der Waals surface area contributed by atoms with Crippen LogP contribution < -0.4 is 5.56 Å². The standard InChI is InChI=1S/C20H13BrN4O4/c1-12-23-18-8-4-14(21)10-17(18)20(26)24(12)22-11-16-7-9-19(29-16)13-2-5-15(6-3-13)25(27)28/h2-11H,1H3. The Balaban J connectivity index is 1.65. The average Bonchev–Trinajstić information content (AvgIpc) is 3.17. The molecule has 0 unspecified atom stereocenters. The van der Waals surface area contributed by atoms with E-state index < -0.39 is 4.92 Å². The number of non-ortho nitro benzene ring substituents is 1. The molecule has 0 amide bonds. The van der Waals surface area contributed by atoms with Crippen molar-refractivity contribution in [2.24, 2.45) is 5.10 Å². The average molecular weight is 453 g/mol. The van der Waals surface area contributed by atoms with Gasteiger partial charge in [-0.3, -0.25) is 14.9 Å². The van der Waals surface area contributed by atoms with Crippen molar-refractivity contribution in [2.75, 3.05) is 0 Å². The molecule has 2 heterocycles. The second-order valence-electron chi connectivity index (χ2n) is 6.19. The molecule has 0 fully saturated rings. The molecule has 0 saturated carbocycles. The molecule has 0 radical (unpaired) electrons. The number of aryl methyl sites for hydroxylation is 1. The highest BCUT2D eigenvalue weighted by molar-refractivity contribution is 9.10. The number of nitrogens with zero attached hydrogens (tertiary/aromatic N) is 4. The fraction of sp³-hybridized carbons (Fsp3) is 0.0500. The Morgan fingerprint density at radius 2 is 1.93 bits per heavy atom. The summed E-state index contributed by atoms with van der Waals surface area (Å²) in [6.45, 7) is 1.70. The zero-order chi connectivity index (χ0) is 20.5. The molecule has 9 heteroatoms. The third-order valence-corrected chi connectivity index (χ3v) is 4.75. The highest BCUT2D eigenvalue weighted by Crippen LogP contribution is 2.24. The van der Waals surface area contributed by atoms with E-state index in [1.165, 1.54) is 23.0 Å². The molecule has 144 valence electrons. The van der Waals surface area contributed by atoms with E-state index in [0.29, 0.717) is 33.8 Å². The lowest BCUT2D eigenvalue weighted by Gasteiger charge is -2.05. The molecule has 0 aliphatic carbocycles. The summed E-state index contributed by atoms with van der Waals surface area (Å²) in [7, 11) is 0. The van der Waals surface area contributed by atoms with Crippen LogP contribution in [0, 0.1) is 17.0 Å². The van der Waals surface area contributed by atoms with E-state index in [4.69, 9.17) is 4.42 Å². The van der Waals surface area contributed by atoms with E-state index in [-0.39, 0.29) is 11.2 Å². The summed E-state index contributed by atoms with van der Waals surface area (Å²) >= 11 is 3.36. The molecule has 8 nitrogen and oxygen atoms in total. The quantitative estimate of drug-likeness (QED) is 0.257. The molecule has 0 atom stereocenters. The van der Waals surface area contributed by atoms with Crippen LogP contribution in [0.25, 0.3) is 22.2 Å². The minimum absolute atomic E-state index is 0.00684. The van der Waals surface area contributed by atoms with E-state index >= 15 is 0 Å². The van der Waals surface area contributed by atoms with Crippen LogP contribution in [0.5, 0.6) is 0 Å². The Bertz CT molecular complexity index is 1320. The second-order valence-corrected chi connectivity index (χ2v) is 7.10. The number of hydrogen-bond acceptors (Lipinski definition) is 6. The summed E-state index contributed by atoms with van der Waals surface area (Å²) in [6.07, 6.45) is 1.43. The van der Waals surface area contributed by atoms with Gasteiger partial charge >= 0.3 is 0 Å².